The Bertz CT molecular complexity index is 212. The van der Waals surface area contributed by atoms with Crippen molar-refractivity contribution in [3.63, 3.8) is 0 Å². The van der Waals surface area contributed by atoms with Crippen molar-refractivity contribution in [2.45, 2.75) is 49.6 Å². The van der Waals surface area contributed by atoms with Gasteiger partial charge in [-0.25, -0.2) is 0 Å². The molecule has 0 aromatic carbocycles. The molecule has 0 atom stereocenters. The zero-order valence-corrected chi connectivity index (χ0v) is 10.1. The molecular formula is C12H20O2S. The highest BCUT2D eigenvalue weighted by Crippen LogP contribution is 2.42. The molecule has 0 N–H and O–H groups in total. The van der Waals surface area contributed by atoms with E-state index in [0.717, 1.165) is 37.2 Å². The third-order valence-electron chi connectivity index (χ3n) is 3.77. The molecule has 3 fully saturated rings. The lowest BCUT2D eigenvalue weighted by atomic mass is 9.94. The standard InChI is InChI=1S/C12H20O2S/c1-2-10(1)9-15-11-3-5-12(6-4-11)13-7-8-14-12/h10-11H,1-9H2. The Labute approximate surface area is 96.1 Å². The lowest BCUT2D eigenvalue weighted by Gasteiger charge is -2.35. The average Bonchev–Trinajstić information content (AvgIpc) is 2.99. The molecule has 2 saturated carbocycles. The van der Waals surface area contributed by atoms with E-state index in [1.165, 1.54) is 31.4 Å². The molecule has 15 heavy (non-hydrogen) atoms. The zero-order valence-electron chi connectivity index (χ0n) is 9.24. The van der Waals surface area contributed by atoms with Crippen molar-refractivity contribution in [1.29, 1.82) is 0 Å². The molecule has 0 amide bonds. The van der Waals surface area contributed by atoms with Crippen LogP contribution in [0.3, 0.4) is 0 Å². The molecule has 3 rings (SSSR count). The maximum absolute atomic E-state index is 5.74. The molecule has 2 nitrogen and oxygen atoms in total. The largest absolute Gasteiger partial charge is 0.348 e. The summed E-state index contributed by atoms with van der Waals surface area (Å²) in [5, 5.41) is 0.879. The summed E-state index contributed by atoms with van der Waals surface area (Å²) in [5.74, 6) is 2.31. The summed E-state index contributed by atoms with van der Waals surface area (Å²) in [5.41, 5.74) is 0. The van der Waals surface area contributed by atoms with Gasteiger partial charge in [0.2, 0.25) is 0 Å². The van der Waals surface area contributed by atoms with Crippen LogP contribution in [0.1, 0.15) is 38.5 Å². The van der Waals surface area contributed by atoms with Crippen LogP contribution in [-0.4, -0.2) is 30.0 Å². The van der Waals surface area contributed by atoms with Crippen LogP contribution in [0.15, 0.2) is 0 Å². The van der Waals surface area contributed by atoms with Crippen LogP contribution in [0, 0.1) is 5.92 Å². The van der Waals surface area contributed by atoms with E-state index >= 15 is 0 Å². The van der Waals surface area contributed by atoms with E-state index < -0.39 is 0 Å². The van der Waals surface area contributed by atoms with Crippen LogP contribution >= 0.6 is 11.8 Å². The van der Waals surface area contributed by atoms with Crippen molar-refractivity contribution in [3.05, 3.63) is 0 Å². The first kappa shape index (κ1) is 10.4. The minimum absolute atomic E-state index is 0.156. The summed E-state index contributed by atoms with van der Waals surface area (Å²) in [6.45, 7) is 1.61. The number of hydrogen-bond acceptors (Lipinski definition) is 3. The van der Waals surface area contributed by atoms with Crippen molar-refractivity contribution in [2.24, 2.45) is 5.92 Å². The second-order valence-electron chi connectivity index (χ2n) is 5.08. The first-order valence-electron chi connectivity index (χ1n) is 6.26. The van der Waals surface area contributed by atoms with Gasteiger partial charge in [0.15, 0.2) is 5.79 Å². The molecule has 0 unspecified atom stereocenters. The van der Waals surface area contributed by atoms with Crippen LogP contribution in [0.25, 0.3) is 0 Å². The van der Waals surface area contributed by atoms with Gasteiger partial charge in [0.25, 0.3) is 0 Å². The van der Waals surface area contributed by atoms with Gasteiger partial charge in [-0.05, 0) is 37.4 Å². The fourth-order valence-electron chi connectivity index (χ4n) is 2.54. The van der Waals surface area contributed by atoms with E-state index in [9.17, 15) is 0 Å². The topological polar surface area (TPSA) is 18.5 Å². The van der Waals surface area contributed by atoms with Crippen LogP contribution in [0.4, 0.5) is 0 Å². The van der Waals surface area contributed by atoms with E-state index in [-0.39, 0.29) is 5.79 Å². The lowest BCUT2D eigenvalue weighted by Crippen LogP contribution is -2.36. The number of thioether (sulfide) groups is 1. The second kappa shape index (κ2) is 4.27. The number of ether oxygens (including phenoxy) is 2. The highest BCUT2D eigenvalue weighted by molar-refractivity contribution is 7.99. The van der Waals surface area contributed by atoms with Crippen LogP contribution in [0.5, 0.6) is 0 Å². The Morgan fingerprint density at radius 1 is 1.00 bits per heavy atom. The summed E-state index contributed by atoms with van der Waals surface area (Å²) < 4.78 is 11.5. The molecule has 3 heteroatoms. The lowest BCUT2D eigenvalue weighted by molar-refractivity contribution is -0.175. The molecule has 1 saturated heterocycles. The first-order chi connectivity index (χ1) is 7.36. The zero-order chi connectivity index (χ0) is 10.1. The summed E-state index contributed by atoms with van der Waals surface area (Å²) in [4.78, 5) is 0. The minimum Gasteiger partial charge on any atom is -0.348 e. The third-order valence-corrected chi connectivity index (χ3v) is 5.38. The third kappa shape index (κ3) is 2.51. The number of rotatable bonds is 3. The molecule has 3 aliphatic rings. The summed E-state index contributed by atoms with van der Waals surface area (Å²) in [6, 6.07) is 0. The maximum Gasteiger partial charge on any atom is 0.168 e. The average molecular weight is 228 g/mol. The van der Waals surface area contributed by atoms with Crippen molar-refractivity contribution >= 4 is 11.8 Å². The Balaban J connectivity index is 1.43. The quantitative estimate of drug-likeness (QED) is 0.740. The van der Waals surface area contributed by atoms with Gasteiger partial charge < -0.3 is 9.47 Å². The van der Waals surface area contributed by atoms with E-state index in [4.69, 9.17) is 9.47 Å². The smallest absolute Gasteiger partial charge is 0.168 e. The van der Waals surface area contributed by atoms with Gasteiger partial charge in [-0.15, -0.1) is 0 Å². The highest BCUT2D eigenvalue weighted by atomic mass is 32.2. The molecule has 1 spiro atoms. The van der Waals surface area contributed by atoms with E-state index in [1.807, 2.05) is 0 Å². The summed E-state index contributed by atoms with van der Waals surface area (Å²) in [7, 11) is 0. The molecular weight excluding hydrogens is 208 g/mol. The molecule has 0 aromatic heterocycles. The van der Waals surface area contributed by atoms with Gasteiger partial charge >= 0.3 is 0 Å². The highest BCUT2D eigenvalue weighted by Gasteiger charge is 2.40. The van der Waals surface area contributed by atoms with Crippen LogP contribution in [0.2, 0.25) is 0 Å². The first-order valence-corrected chi connectivity index (χ1v) is 7.31. The van der Waals surface area contributed by atoms with Crippen LogP contribution < -0.4 is 0 Å². The predicted octanol–water partition coefficient (Wildman–Crippen LogP) is 2.82. The Morgan fingerprint density at radius 3 is 2.27 bits per heavy atom. The second-order valence-corrected chi connectivity index (χ2v) is 6.42. The van der Waals surface area contributed by atoms with E-state index in [0.29, 0.717) is 0 Å². The number of hydrogen-bond donors (Lipinski definition) is 0. The van der Waals surface area contributed by atoms with Crippen molar-refractivity contribution in [3.8, 4) is 0 Å². The van der Waals surface area contributed by atoms with Gasteiger partial charge in [-0.1, -0.05) is 0 Å². The van der Waals surface area contributed by atoms with Crippen molar-refractivity contribution in [1.82, 2.24) is 0 Å². The summed E-state index contributed by atoms with van der Waals surface area (Å²) >= 11 is 2.20. The van der Waals surface area contributed by atoms with Gasteiger partial charge in [0, 0.05) is 18.1 Å². The predicted molar refractivity (Wildman–Crippen MR) is 62.1 cm³/mol. The van der Waals surface area contributed by atoms with Gasteiger partial charge in [-0.2, -0.15) is 11.8 Å². The van der Waals surface area contributed by atoms with E-state index in [1.54, 1.807) is 0 Å². The monoisotopic (exact) mass is 228 g/mol. The van der Waals surface area contributed by atoms with Gasteiger partial charge in [-0.3, -0.25) is 0 Å². The van der Waals surface area contributed by atoms with E-state index in [2.05, 4.69) is 11.8 Å². The molecule has 1 heterocycles. The molecule has 2 aliphatic carbocycles. The summed E-state index contributed by atoms with van der Waals surface area (Å²) in [6.07, 6.45) is 7.78. The Hall–Kier alpha value is 0.270. The Morgan fingerprint density at radius 2 is 1.67 bits per heavy atom. The van der Waals surface area contributed by atoms with Crippen molar-refractivity contribution < 1.29 is 9.47 Å². The molecule has 86 valence electrons. The van der Waals surface area contributed by atoms with Crippen molar-refractivity contribution in [2.75, 3.05) is 19.0 Å². The minimum atomic E-state index is -0.156. The Kier molecular flexibility index (Phi) is 2.97. The molecule has 0 radical (unpaired) electrons. The molecule has 1 aliphatic heterocycles. The fraction of sp³-hybridized carbons (Fsp3) is 1.00. The molecule has 0 aromatic rings. The SMILES string of the molecule is C1COC2(CCC(SCC3CC3)CC2)O1. The fourth-order valence-corrected chi connectivity index (χ4v) is 3.99. The van der Waals surface area contributed by atoms with Gasteiger partial charge in [0.05, 0.1) is 13.2 Å². The van der Waals surface area contributed by atoms with Crippen LogP contribution in [-0.2, 0) is 9.47 Å². The maximum atomic E-state index is 5.74. The van der Waals surface area contributed by atoms with Gasteiger partial charge in [0.1, 0.15) is 0 Å². The normalized spacial score (nSPS) is 31.2. The molecule has 0 bridgehead atoms.